The van der Waals surface area contributed by atoms with Gasteiger partial charge in [0.2, 0.25) is 0 Å². The number of aryl methyl sites for hydroxylation is 2. The van der Waals surface area contributed by atoms with Crippen LogP contribution in [0.1, 0.15) is 35.6 Å². The maximum absolute atomic E-state index is 2.36. The first kappa shape index (κ1) is 11.3. The van der Waals surface area contributed by atoms with Gasteiger partial charge in [-0.3, -0.25) is 0 Å². The quantitative estimate of drug-likeness (QED) is 0.659. The van der Waals surface area contributed by atoms with Crippen LogP contribution >= 0.6 is 0 Å². The number of rotatable bonds is 2. The molecule has 3 rings (SSSR count). The minimum atomic E-state index is 1.25. The summed E-state index contributed by atoms with van der Waals surface area (Å²) in [7, 11) is 0. The molecule has 0 nitrogen and oxygen atoms in total. The first-order valence-electron chi connectivity index (χ1n) is 6.68. The van der Waals surface area contributed by atoms with Crippen LogP contribution < -0.4 is 0 Å². The predicted molar refractivity (Wildman–Crippen MR) is 78.5 cm³/mol. The van der Waals surface area contributed by atoms with Crippen molar-refractivity contribution in [3.63, 3.8) is 0 Å². The van der Waals surface area contributed by atoms with Gasteiger partial charge in [0.15, 0.2) is 0 Å². The molecule has 1 aliphatic carbocycles. The van der Waals surface area contributed by atoms with E-state index < -0.39 is 0 Å². The molecule has 18 heavy (non-hydrogen) atoms. The summed E-state index contributed by atoms with van der Waals surface area (Å²) in [5.74, 6) is 0. The van der Waals surface area contributed by atoms with Gasteiger partial charge in [0.25, 0.3) is 0 Å². The third-order valence-electron chi connectivity index (χ3n) is 3.73. The molecule has 90 valence electrons. The van der Waals surface area contributed by atoms with Crippen LogP contribution in [-0.4, -0.2) is 0 Å². The Bertz CT molecular complexity index is 576. The SMILES string of the molecule is CC(=Cc1ccc2c(c1)CCC2)c1ccccc1. The highest BCUT2D eigenvalue weighted by Gasteiger charge is 2.09. The molecule has 2 aromatic rings. The molecule has 0 heteroatoms. The lowest BCUT2D eigenvalue weighted by molar-refractivity contribution is 0.912. The van der Waals surface area contributed by atoms with E-state index in [2.05, 4.69) is 61.5 Å². The molecule has 0 spiro atoms. The van der Waals surface area contributed by atoms with Crippen molar-refractivity contribution in [2.45, 2.75) is 26.2 Å². The predicted octanol–water partition coefficient (Wildman–Crippen LogP) is 4.74. The van der Waals surface area contributed by atoms with Crippen molar-refractivity contribution in [3.05, 3.63) is 70.8 Å². The fraction of sp³-hybridized carbons (Fsp3) is 0.222. The molecule has 0 amide bonds. The average Bonchev–Trinajstić information content (AvgIpc) is 2.87. The fourth-order valence-corrected chi connectivity index (χ4v) is 2.72. The topological polar surface area (TPSA) is 0 Å². The Morgan fingerprint density at radius 3 is 2.56 bits per heavy atom. The number of benzene rings is 2. The monoisotopic (exact) mass is 234 g/mol. The molecule has 0 bridgehead atoms. The van der Waals surface area contributed by atoms with Crippen molar-refractivity contribution in [3.8, 4) is 0 Å². The first-order chi connectivity index (χ1) is 8.83. The lowest BCUT2D eigenvalue weighted by Crippen LogP contribution is -1.84. The first-order valence-corrected chi connectivity index (χ1v) is 6.68. The van der Waals surface area contributed by atoms with Crippen molar-refractivity contribution in [1.29, 1.82) is 0 Å². The van der Waals surface area contributed by atoms with E-state index in [1.807, 2.05) is 0 Å². The summed E-state index contributed by atoms with van der Waals surface area (Å²) in [5, 5.41) is 0. The molecular weight excluding hydrogens is 216 g/mol. The van der Waals surface area contributed by atoms with Gasteiger partial charge < -0.3 is 0 Å². The summed E-state index contributed by atoms with van der Waals surface area (Å²) >= 11 is 0. The maximum atomic E-state index is 2.36. The highest BCUT2D eigenvalue weighted by Crippen LogP contribution is 2.25. The summed E-state index contributed by atoms with van der Waals surface area (Å²) in [4.78, 5) is 0. The summed E-state index contributed by atoms with van der Waals surface area (Å²) in [5.41, 5.74) is 7.05. The summed E-state index contributed by atoms with van der Waals surface area (Å²) in [6, 6.07) is 17.5. The number of allylic oxidation sites excluding steroid dienone is 1. The van der Waals surface area contributed by atoms with Crippen LogP contribution in [-0.2, 0) is 12.8 Å². The average molecular weight is 234 g/mol. The Kier molecular flexibility index (Phi) is 3.02. The van der Waals surface area contributed by atoms with Crippen LogP contribution in [0.5, 0.6) is 0 Å². The molecule has 0 saturated heterocycles. The second-order valence-corrected chi connectivity index (χ2v) is 5.08. The van der Waals surface area contributed by atoms with E-state index in [0.29, 0.717) is 0 Å². The molecule has 0 heterocycles. The van der Waals surface area contributed by atoms with Crippen molar-refractivity contribution in [1.82, 2.24) is 0 Å². The molecule has 1 aliphatic rings. The van der Waals surface area contributed by atoms with Crippen LogP contribution in [0.25, 0.3) is 11.6 Å². The van der Waals surface area contributed by atoms with Crippen molar-refractivity contribution in [2.75, 3.05) is 0 Å². The van der Waals surface area contributed by atoms with E-state index >= 15 is 0 Å². The van der Waals surface area contributed by atoms with Crippen LogP contribution in [0.4, 0.5) is 0 Å². The number of hydrogen-bond acceptors (Lipinski definition) is 0. The van der Waals surface area contributed by atoms with Crippen molar-refractivity contribution >= 4 is 11.6 Å². The normalized spacial score (nSPS) is 14.6. The number of fused-ring (bicyclic) bond motifs is 1. The second kappa shape index (κ2) is 4.81. The van der Waals surface area contributed by atoms with E-state index in [9.17, 15) is 0 Å². The lowest BCUT2D eigenvalue weighted by atomic mass is 10.0. The van der Waals surface area contributed by atoms with E-state index in [4.69, 9.17) is 0 Å². The van der Waals surface area contributed by atoms with Gasteiger partial charge in [0.1, 0.15) is 0 Å². The van der Waals surface area contributed by atoms with Gasteiger partial charge >= 0.3 is 0 Å². The van der Waals surface area contributed by atoms with Gasteiger partial charge in [0.05, 0.1) is 0 Å². The van der Waals surface area contributed by atoms with Gasteiger partial charge in [-0.15, -0.1) is 0 Å². The minimum Gasteiger partial charge on any atom is -0.0622 e. The molecule has 0 aliphatic heterocycles. The van der Waals surface area contributed by atoms with Gasteiger partial charge in [-0.05, 0) is 54.0 Å². The third kappa shape index (κ3) is 2.24. The molecule has 2 aromatic carbocycles. The molecule has 0 saturated carbocycles. The standard InChI is InChI=1S/C18H18/c1-14(16-6-3-2-4-7-16)12-15-10-11-17-8-5-9-18(17)13-15/h2-4,6-7,10-13H,5,8-9H2,1H3. The highest BCUT2D eigenvalue weighted by molar-refractivity contribution is 5.80. The van der Waals surface area contributed by atoms with Crippen LogP contribution in [0.15, 0.2) is 48.5 Å². The smallest absolute Gasteiger partial charge is 0.0227 e. The highest BCUT2D eigenvalue weighted by atomic mass is 14.1. The van der Waals surface area contributed by atoms with E-state index in [1.165, 1.54) is 36.0 Å². The van der Waals surface area contributed by atoms with Gasteiger partial charge in [-0.25, -0.2) is 0 Å². The molecule has 0 fully saturated rings. The molecule has 0 atom stereocenters. The van der Waals surface area contributed by atoms with Gasteiger partial charge in [0, 0.05) is 0 Å². The lowest BCUT2D eigenvalue weighted by Gasteiger charge is -2.04. The van der Waals surface area contributed by atoms with E-state index in [1.54, 1.807) is 11.1 Å². The van der Waals surface area contributed by atoms with Crippen LogP contribution in [0.2, 0.25) is 0 Å². The Morgan fingerprint density at radius 2 is 1.72 bits per heavy atom. The molecule has 0 radical (unpaired) electrons. The molecular formula is C18H18. The third-order valence-corrected chi connectivity index (χ3v) is 3.73. The molecule has 0 unspecified atom stereocenters. The summed E-state index contributed by atoms with van der Waals surface area (Å²) in [6.07, 6.45) is 6.12. The van der Waals surface area contributed by atoms with Gasteiger partial charge in [-0.2, -0.15) is 0 Å². The zero-order valence-electron chi connectivity index (χ0n) is 10.8. The molecule has 0 N–H and O–H groups in total. The Balaban J connectivity index is 1.92. The summed E-state index contributed by atoms with van der Waals surface area (Å²) < 4.78 is 0. The van der Waals surface area contributed by atoms with E-state index in [-0.39, 0.29) is 0 Å². The minimum absolute atomic E-state index is 1.25. The maximum Gasteiger partial charge on any atom is -0.0227 e. The largest absolute Gasteiger partial charge is 0.0622 e. The van der Waals surface area contributed by atoms with Gasteiger partial charge in [-0.1, -0.05) is 54.6 Å². The number of hydrogen-bond donors (Lipinski definition) is 0. The Labute approximate surface area is 109 Å². The van der Waals surface area contributed by atoms with Crippen LogP contribution in [0, 0.1) is 0 Å². The zero-order valence-corrected chi connectivity index (χ0v) is 10.8. The zero-order chi connectivity index (χ0) is 12.4. The van der Waals surface area contributed by atoms with Crippen molar-refractivity contribution in [2.24, 2.45) is 0 Å². The van der Waals surface area contributed by atoms with E-state index in [0.717, 1.165) is 0 Å². The molecule has 0 aromatic heterocycles. The Hall–Kier alpha value is -1.82. The Morgan fingerprint density at radius 1 is 0.944 bits per heavy atom. The summed E-state index contributed by atoms with van der Waals surface area (Å²) in [6.45, 7) is 2.18. The van der Waals surface area contributed by atoms with Crippen LogP contribution in [0.3, 0.4) is 0 Å². The fourth-order valence-electron chi connectivity index (χ4n) is 2.72. The second-order valence-electron chi connectivity index (χ2n) is 5.08. The van der Waals surface area contributed by atoms with Crippen molar-refractivity contribution < 1.29 is 0 Å².